The molecular weight excluding hydrogens is 943 g/mol. The highest BCUT2D eigenvalue weighted by Gasteiger charge is 2.39. The molecule has 2 heterocycles. The zero-order chi connectivity index (χ0) is 52.6. The van der Waals surface area contributed by atoms with Gasteiger partial charge in [-0.05, 0) is 142 Å². The fourth-order valence-electron chi connectivity index (χ4n) is 12.7. The highest BCUT2D eigenvalue weighted by molar-refractivity contribution is 5.94. The van der Waals surface area contributed by atoms with Crippen molar-refractivity contribution in [3.63, 3.8) is 0 Å². The first kappa shape index (κ1) is 48.2. The monoisotopic (exact) mass is 1000 g/mol. The summed E-state index contributed by atoms with van der Waals surface area (Å²) >= 11 is 0. The maximum absolute atomic E-state index is 2.53. The average Bonchev–Trinajstić information content (AvgIpc) is 4.11. The Hall–Kier alpha value is -9.44. The van der Waals surface area contributed by atoms with Crippen molar-refractivity contribution in [3.8, 4) is 27.9 Å². The largest absolute Gasteiger partial charge is 0.333 e. The van der Waals surface area contributed by atoms with Gasteiger partial charge in [-0.3, -0.25) is 0 Å². The van der Waals surface area contributed by atoms with Crippen LogP contribution < -0.4 is 20.4 Å². The molecule has 11 aromatic rings. The van der Waals surface area contributed by atoms with Crippen molar-refractivity contribution < 1.29 is 0 Å². The molecule has 13 rings (SSSR count). The minimum atomic E-state index is -0.550. The lowest BCUT2D eigenvalue weighted by molar-refractivity contribution is 0.637. The van der Waals surface area contributed by atoms with Gasteiger partial charge in [-0.25, -0.2) is 0 Å². The molecule has 2 aliphatic rings. The summed E-state index contributed by atoms with van der Waals surface area (Å²) < 4.78 is 2.39. The molecule has 1 aliphatic carbocycles. The van der Waals surface area contributed by atoms with Gasteiger partial charge >= 0.3 is 0 Å². The molecule has 1 aliphatic heterocycles. The summed E-state index contributed by atoms with van der Waals surface area (Å²) in [6, 6.07) is 96.3. The lowest BCUT2D eigenvalue weighted by atomic mass is 9.65. The smallest absolute Gasteiger partial charge is 0.0701 e. The zero-order valence-electron chi connectivity index (χ0n) is 44.4. The Morgan fingerprint density at radius 3 is 1.45 bits per heavy atom. The Morgan fingerprint density at radius 1 is 0.474 bits per heavy atom. The third-order valence-corrected chi connectivity index (χ3v) is 16.3. The summed E-state index contributed by atoms with van der Waals surface area (Å²) in [6.45, 7) is 6.68. The number of fused-ring (bicyclic) bond motifs is 4. The van der Waals surface area contributed by atoms with E-state index in [1.54, 1.807) is 0 Å². The Kier molecular flexibility index (Phi) is 12.7. The molecule has 0 N–H and O–H groups in total. The molecule has 10 aromatic carbocycles. The molecule has 376 valence electrons. The van der Waals surface area contributed by atoms with Gasteiger partial charge in [0.1, 0.15) is 0 Å². The summed E-state index contributed by atoms with van der Waals surface area (Å²) in [4.78, 5) is 4.92. The molecule has 3 nitrogen and oxygen atoms in total. The summed E-state index contributed by atoms with van der Waals surface area (Å²) in [5.41, 5.74) is 19.8. The van der Waals surface area contributed by atoms with Gasteiger partial charge < -0.3 is 14.4 Å². The molecule has 0 fully saturated rings. The highest BCUT2D eigenvalue weighted by atomic mass is 15.2. The molecule has 0 radical (unpaired) electrons. The second-order valence-corrected chi connectivity index (χ2v) is 20.7. The van der Waals surface area contributed by atoms with E-state index in [2.05, 4.69) is 326 Å². The third kappa shape index (κ3) is 8.31. The van der Waals surface area contributed by atoms with E-state index in [0.717, 1.165) is 34.7 Å². The highest BCUT2D eigenvalue weighted by Crippen LogP contribution is 2.50. The second-order valence-electron chi connectivity index (χ2n) is 20.7. The quantitative estimate of drug-likeness (QED) is 0.113. The van der Waals surface area contributed by atoms with Gasteiger partial charge in [0.15, 0.2) is 0 Å². The molecule has 78 heavy (non-hydrogen) atoms. The number of allylic oxidation sites excluding steroid dienone is 2. The van der Waals surface area contributed by atoms with Gasteiger partial charge in [-0.15, -0.1) is 0 Å². The first-order valence-electron chi connectivity index (χ1n) is 27.5. The van der Waals surface area contributed by atoms with Gasteiger partial charge in [0.2, 0.25) is 0 Å². The van der Waals surface area contributed by atoms with Gasteiger partial charge in [0.05, 0.1) is 17.0 Å². The molecule has 0 spiro atoms. The van der Waals surface area contributed by atoms with Crippen molar-refractivity contribution in [3.05, 3.63) is 317 Å². The zero-order valence-corrected chi connectivity index (χ0v) is 44.4. The van der Waals surface area contributed by atoms with E-state index in [1.807, 2.05) is 0 Å². The summed E-state index contributed by atoms with van der Waals surface area (Å²) in [5, 5.41) is 3.81. The van der Waals surface area contributed by atoms with Crippen LogP contribution in [0.2, 0.25) is 0 Å². The standard InChI is InChI=1S/C75H61N3/c1-4-20-67-68-28-15-17-31-72(68)77(71(67)5-2)65-47-37-56(38-48-65)54-33-43-62(44-34-54)76(64-51-41-61(42-52-64)75(58-22-9-6-10-23-58,59-24-11-7-12-25-59)60-26-13-8-14-27-60)63-45-35-55(36-46-63)57-39-49-66(50-40-57)78-73-32-18-16-29-69(73)70-30-19-21-53(3)74(70)78/h5-53,74H,4H2,1-3H3/b67-20-,71-5+. The Morgan fingerprint density at radius 2 is 0.923 bits per heavy atom. The van der Waals surface area contributed by atoms with Crippen LogP contribution in [0.15, 0.2) is 279 Å². The predicted octanol–water partition coefficient (Wildman–Crippen LogP) is 17.9. The van der Waals surface area contributed by atoms with E-state index in [9.17, 15) is 0 Å². The SMILES string of the molecule is C/C=c1\c(=C/CC)c2ccccc2n1-c1ccc(-c2ccc(N(c3ccc(-c4ccc(N5c6ccccc6C6=CC=CC(C)C65)cc4)cc3)c3ccc(C(c4ccccc4)(c4ccccc4)c4ccccc4)cc3)cc2)cc1. The van der Waals surface area contributed by atoms with E-state index in [0.29, 0.717) is 5.92 Å². The lowest BCUT2D eigenvalue weighted by Gasteiger charge is -2.37. The number of para-hydroxylation sites is 2. The fourth-order valence-corrected chi connectivity index (χ4v) is 12.7. The summed E-state index contributed by atoms with van der Waals surface area (Å²) in [6.07, 6.45) is 12.4. The minimum Gasteiger partial charge on any atom is -0.333 e. The normalized spacial score (nSPS) is 15.3. The third-order valence-electron chi connectivity index (χ3n) is 16.3. The van der Waals surface area contributed by atoms with Crippen LogP contribution in [-0.4, -0.2) is 10.6 Å². The molecule has 0 saturated carbocycles. The Bertz CT molecular complexity index is 4000. The molecule has 2 unspecified atom stereocenters. The van der Waals surface area contributed by atoms with Gasteiger partial charge in [-0.1, -0.05) is 232 Å². The topological polar surface area (TPSA) is 11.4 Å². The van der Waals surface area contributed by atoms with Crippen LogP contribution in [-0.2, 0) is 5.41 Å². The van der Waals surface area contributed by atoms with E-state index in [4.69, 9.17) is 0 Å². The number of anilines is 5. The minimum absolute atomic E-state index is 0.278. The van der Waals surface area contributed by atoms with Crippen molar-refractivity contribution in [2.24, 2.45) is 5.92 Å². The van der Waals surface area contributed by atoms with Crippen molar-refractivity contribution in [1.29, 1.82) is 0 Å². The van der Waals surface area contributed by atoms with Crippen LogP contribution >= 0.6 is 0 Å². The molecule has 0 saturated heterocycles. The number of nitrogens with zero attached hydrogens (tertiary/aromatic N) is 3. The maximum Gasteiger partial charge on any atom is 0.0701 e. The molecular formula is C75H61N3. The van der Waals surface area contributed by atoms with E-state index >= 15 is 0 Å². The molecule has 2 atom stereocenters. The van der Waals surface area contributed by atoms with E-state index in [1.165, 1.54) is 82.9 Å². The second kappa shape index (κ2) is 20.6. The molecule has 0 bridgehead atoms. The van der Waals surface area contributed by atoms with Crippen LogP contribution in [0.1, 0.15) is 55.0 Å². The number of aromatic nitrogens is 1. The number of hydrogen-bond acceptors (Lipinski definition) is 2. The molecule has 3 heteroatoms. The van der Waals surface area contributed by atoms with Crippen LogP contribution in [0.4, 0.5) is 28.4 Å². The fraction of sp³-hybridized carbons (Fsp3) is 0.0933. The average molecular weight is 1000 g/mol. The predicted molar refractivity (Wildman–Crippen MR) is 330 cm³/mol. The van der Waals surface area contributed by atoms with Crippen LogP contribution in [0.5, 0.6) is 0 Å². The van der Waals surface area contributed by atoms with Crippen molar-refractivity contribution >= 4 is 57.1 Å². The maximum atomic E-state index is 2.53. The number of hydrogen-bond donors (Lipinski definition) is 0. The van der Waals surface area contributed by atoms with Crippen LogP contribution in [0.25, 0.3) is 56.6 Å². The van der Waals surface area contributed by atoms with Crippen molar-refractivity contribution in [1.82, 2.24) is 4.57 Å². The summed E-state index contributed by atoms with van der Waals surface area (Å²) in [7, 11) is 0. The summed E-state index contributed by atoms with van der Waals surface area (Å²) in [5.74, 6) is 0.397. The van der Waals surface area contributed by atoms with E-state index < -0.39 is 5.41 Å². The van der Waals surface area contributed by atoms with Crippen LogP contribution in [0.3, 0.4) is 0 Å². The van der Waals surface area contributed by atoms with E-state index in [-0.39, 0.29) is 6.04 Å². The van der Waals surface area contributed by atoms with Crippen molar-refractivity contribution in [2.45, 2.75) is 38.6 Å². The Labute approximate surface area is 459 Å². The van der Waals surface area contributed by atoms with Crippen molar-refractivity contribution in [2.75, 3.05) is 9.80 Å². The number of benzene rings is 10. The first-order chi connectivity index (χ1) is 38.5. The molecule has 0 amide bonds. The lowest BCUT2D eigenvalue weighted by Crippen LogP contribution is -2.33. The van der Waals surface area contributed by atoms with Crippen LogP contribution in [0, 0.1) is 5.92 Å². The Balaban J connectivity index is 0.870. The van der Waals surface area contributed by atoms with Gasteiger partial charge in [-0.2, -0.15) is 0 Å². The van der Waals surface area contributed by atoms with Gasteiger partial charge in [0, 0.05) is 55.6 Å². The first-order valence-corrected chi connectivity index (χ1v) is 27.5. The molecule has 1 aromatic heterocycles. The van der Waals surface area contributed by atoms with Gasteiger partial charge in [0.25, 0.3) is 0 Å². The number of rotatable bonds is 12.